The van der Waals surface area contributed by atoms with Crippen molar-refractivity contribution >= 4 is 5.95 Å². The van der Waals surface area contributed by atoms with Crippen molar-refractivity contribution in [2.45, 2.75) is 58.5 Å². The molecule has 1 unspecified atom stereocenters. The van der Waals surface area contributed by atoms with Crippen molar-refractivity contribution < 1.29 is 0 Å². The number of aromatic nitrogens is 2. The minimum Gasteiger partial charge on any atom is -0.341 e. The fraction of sp³-hybridized carbons (Fsp3) is 0.800. The van der Waals surface area contributed by atoms with Crippen LogP contribution in [0.15, 0.2) is 6.20 Å². The molecule has 0 saturated carbocycles. The first-order chi connectivity index (χ1) is 9.26. The summed E-state index contributed by atoms with van der Waals surface area (Å²) < 4.78 is 2.34. The zero-order valence-electron chi connectivity index (χ0n) is 12.7. The van der Waals surface area contributed by atoms with Crippen molar-refractivity contribution in [2.24, 2.45) is 0 Å². The van der Waals surface area contributed by atoms with Crippen LogP contribution in [0.25, 0.3) is 0 Å². The number of nitrogens with zero attached hydrogens (tertiary/aromatic N) is 3. The molecule has 1 N–H and O–H groups in total. The number of rotatable bonds is 6. The molecule has 0 aromatic carbocycles. The molecule has 1 aromatic rings. The highest BCUT2D eigenvalue weighted by atomic mass is 15.3. The van der Waals surface area contributed by atoms with Crippen LogP contribution < -0.4 is 10.2 Å². The molecule has 2 rings (SSSR count). The summed E-state index contributed by atoms with van der Waals surface area (Å²) >= 11 is 0. The van der Waals surface area contributed by atoms with Gasteiger partial charge in [0.15, 0.2) is 0 Å². The number of nitrogens with one attached hydrogen (secondary N) is 1. The number of imidazole rings is 1. The normalized spacial score (nSPS) is 19.6. The third-order valence-electron chi connectivity index (χ3n) is 4.05. The molecular weight excluding hydrogens is 236 g/mol. The summed E-state index contributed by atoms with van der Waals surface area (Å²) in [7, 11) is 2.20. The molecule has 0 bridgehead atoms. The van der Waals surface area contributed by atoms with Gasteiger partial charge >= 0.3 is 0 Å². The summed E-state index contributed by atoms with van der Waals surface area (Å²) in [6, 6.07) is 0.584. The van der Waals surface area contributed by atoms with Crippen LogP contribution in [0.4, 0.5) is 5.95 Å². The van der Waals surface area contributed by atoms with Gasteiger partial charge in [0.25, 0.3) is 0 Å². The first-order valence-corrected chi connectivity index (χ1v) is 7.75. The molecule has 108 valence electrons. The Balaban J connectivity index is 2.13. The van der Waals surface area contributed by atoms with Gasteiger partial charge in [-0.2, -0.15) is 0 Å². The van der Waals surface area contributed by atoms with E-state index in [9.17, 15) is 0 Å². The monoisotopic (exact) mass is 264 g/mol. The molecule has 0 spiro atoms. The van der Waals surface area contributed by atoms with Crippen molar-refractivity contribution in [1.82, 2.24) is 14.9 Å². The standard InChI is InChI=1S/C15H28N4/c1-4-6-10-19-12-13(5-2)17-15(19)18(3)14-8-7-9-16-11-14/h12,14,16H,4-11H2,1-3H3. The van der Waals surface area contributed by atoms with E-state index in [1.807, 2.05) is 0 Å². The van der Waals surface area contributed by atoms with E-state index < -0.39 is 0 Å². The van der Waals surface area contributed by atoms with Gasteiger partial charge in [0, 0.05) is 32.4 Å². The number of hydrogen-bond donors (Lipinski definition) is 1. The van der Waals surface area contributed by atoms with Crippen LogP contribution >= 0.6 is 0 Å². The van der Waals surface area contributed by atoms with Crippen LogP contribution in [-0.2, 0) is 13.0 Å². The number of likely N-dealkylation sites (N-methyl/N-ethyl adjacent to an activating group) is 1. The van der Waals surface area contributed by atoms with Crippen molar-refractivity contribution in [1.29, 1.82) is 0 Å². The van der Waals surface area contributed by atoms with Gasteiger partial charge < -0.3 is 14.8 Å². The molecule has 1 fully saturated rings. The average Bonchev–Trinajstić information content (AvgIpc) is 2.88. The number of aryl methyl sites for hydroxylation is 2. The van der Waals surface area contributed by atoms with Gasteiger partial charge in [0.1, 0.15) is 0 Å². The zero-order valence-corrected chi connectivity index (χ0v) is 12.7. The van der Waals surface area contributed by atoms with Gasteiger partial charge in [-0.15, -0.1) is 0 Å². The van der Waals surface area contributed by atoms with E-state index in [1.165, 1.54) is 31.4 Å². The molecule has 0 amide bonds. The molecule has 0 aliphatic carbocycles. The molecule has 1 saturated heterocycles. The van der Waals surface area contributed by atoms with E-state index >= 15 is 0 Å². The van der Waals surface area contributed by atoms with Crippen LogP contribution in [0.5, 0.6) is 0 Å². The Morgan fingerprint density at radius 2 is 2.32 bits per heavy atom. The SMILES string of the molecule is CCCCn1cc(CC)nc1N(C)C1CCCNC1. The molecule has 1 aliphatic rings. The highest BCUT2D eigenvalue weighted by molar-refractivity contribution is 5.34. The first-order valence-electron chi connectivity index (χ1n) is 7.75. The van der Waals surface area contributed by atoms with Crippen molar-refractivity contribution in [3.63, 3.8) is 0 Å². The van der Waals surface area contributed by atoms with Gasteiger partial charge in [-0.25, -0.2) is 4.98 Å². The Bertz CT molecular complexity index is 379. The maximum absolute atomic E-state index is 4.82. The lowest BCUT2D eigenvalue weighted by Crippen LogP contribution is -2.45. The summed E-state index contributed by atoms with van der Waals surface area (Å²) in [6.07, 6.45) is 8.24. The Kier molecular flexibility index (Phi) is 5.25. The Hall–Kier alpha value is -1.03. The lowest BCUT2D eigenvalue weighted by molar-refractivity contribution is 0.437. The van der Waals surface area contributed by atoms with Gasteiger partial charge in [-0.1, -0.05) is 20.3 Å². The maximum atomic E-state index is 4.82. The lowest BCUT2D eigenvalue weighted by Gasteiger charge is -2.32. The number of piperidine rings is 1. The van der Waals surface area contributed by atoms with Crippen LogP contribution in [0.2, 0.25) is 0 Å². The van der Waals surface area contributed by atoms with Gasteiger partial charge in [-0.3, -0.25) is 0 Å². The van der Waals surface area contributed by atoms with Crippen LogP contribution in [0.1, 0.15) is 45.2 Å². The zero-order chi connectivity index (χ0) is 13.7. The van der Waals surface area contributed by atoms with Gasteiger partial charge in [-0.05, 0) is 32.2 Å². The highest BCUT2D eigenvalue weighted by Gasteiger charge is 2.21. The molecule has 1 aromatic heterocycles. The molecule has 19 heavy (non-hydrogen) atoms. The molecule has 1 atom stereocenters. The van der Waals surface area contributed by atoms with E-state index in [0.717, 1.165) is 32.0 Å². The summed E-state index contributed by atoms with van der Waals surface area (Å²) in [5, 5.41) is 3.49. The average molecular weight is 264 g/mol. The minimum atomic E-state index is 0.584. The van der Waals surface area contributed by atoms with Crippen LogP contribution in [-0.4, -0.2) is 35.7 Å². The molecular formula is C15H28N4. The molecule has 0 radical (unpaired) electrons. The second-order valence-electron chi connectivity index (χ2n) is 5.54. The van der Waals surface area contributed by atoms with E-state index in [4.69, 9.17) is 4.98 Å². The topological polar surface area (TPSA) is 33.1 Å². The number of anilines is 1. The summed E-state index contributed by atoms with van der Waals surface area (Å²) in [6.45, 7) is 7.75. The molecule has 4 heteroatoms. The fourth-order valence-corrected chi connectivity index (χ4v) is 2.73. The number of unbranched alkanes of at least 4 members (excludes halogenated alkanes) is 1. The first kappa shape index (κ1) is 14.4. The molecule has 4 nitrogen and oxygen atoms in total. The fourth-order valence-electron chi connectivity index (χ4n) is 2.73. The summed E-state index contributed by atoms with van der Waals surface area (Å²) in [5.74, 6) is 1.15. The predicted molar refractivity (Wildman–Crippen MR) is 80.8 cm³/mol. The largest absolute Gasteiger partial charge is 0.341 e. The summed E-state index contributed by atoms with van der Waals surface area (Å²) in [4.78, 5) is 7.19. The van der Waals surface area contributed by atoms with E-state index in [0.29, 0.717) is 6.04 Å². The minimum absolute atomic E-state index is 0.584. The highest BCUT2D eigenvalue weighted by Crippen LogP contribution is 2.20. The third kappa shape index (κ3) is 3.50. The van der Waals surface area contributed by atoms with Crippen molar-refractivity contribution in [3.8, 4) is 0 Å². The van der Waals surface area contributed by atoms with Crippen LogP contribution in [0, 0.1) is 0 Å². The third-order valence-corrected chi connectivity index (χ3v) is 4.05. The quantitative estimate of drug-likeness (QED) is 0.856. The predicted octanol–water partition coefficient (Wildman–Crippen LogP) is 2.43. The molecule has 1 aliphatic heterocycles. The van der Waals surface area contributed by atoms with E-state index in [1.54, 1.807) is 0 Å². The lowest BCUT2D eigenvalue weighted by atomic mass is 10.1. The Labute approximate surface area is 117 Å². The Morgan fingerprint density at radius 1 is 1.47 bits per heavy atom. The van der Waals surface area contributed by atoms with E-state index in [2.05, 4.69) is 41.9 Å². The number of hydrogen-bond acceptors (Lipinski definition) is 3. The van der Waals surface area contributed by atoms with Crippen molar-refractivity contribution in [2.75, 3.05) is 25.0 Å². The summed E-state index contributed by atoms with van der Waals surface area (Å²) in [5.41, 5.74) is 1.21. The second-order valence-corrected chi connectivity index (χ2v) is 5.54. The van der Waals surface area contributed by atoms with Crippen molar-refractivity contribution in [3.05, 3.63) is 11.9 Å². The smallest absolute Gasteiger partial charge is 0.205 e. The van der Waals surface area contributed by atoms with E-state index in [-0.39, 0.29) is 0 Å². The maximum Gasteiger partial charge on any atom is 0.205 e. The van der Waals surface area contributed by atoms with Gasteiger partial charge in [0.05, 0.1) is 5.69 Å². The van der Waals surface area contributed by atoms with Gasteiger partial charge in [0.2, 0.25) is 5.95 Å². The second kappa shape index (κ2) is 6.94. The van der Waals surface area contributed by atoms with Crippen LogP contribution in [0.3, 0.4) is 0 Å². The molecule has 2 heterocycles. The Morgan fingerprint density at radius 3 is 2.95 bits per heavy atom.